The molecule has 5 nitrogen and oxygen atoms in total. The van der Waals surface area contributed by atoms with Crippen molar-refractivity contribution in [2.45, 2.75) is 6.92 Å². The second-order valence-electron chi connectivity index (χ2n) is 2.56. The summed E-state index contributed by atoms with van der Waals surface area (Å²) in [5.74, 6) is 0.856. The van der Waals surface area contributed by atoms with Crippen LogP contribution in [-0.4, -0.2) is 27.3 Å². The van der Waals surface area contributed by atoms with Crippen molar-refractivity contribution in [1.29, 1.82) is 0 Å². The highest BCUT2D eigenvalue weighted by molar-refractivity contribution is 7.99. The Bertz CT molecular complexity index is 406. The monoisotopic (exact) mass is 214 g/mol. The fourth-order valence-electron chi connectivity index (χ4n) is 0.891. The Balaban J connectivity index is 2.90. The van der Waals surface area contributed by atoms with Gasteiger partial charge in [-0.3, -0.25) is 14.6 Å². The molecule has 0 aromatic carbocycles. The molecule has 0 unspecified atom stereocenters. The summed E-state index contributed by atoms with van der Waals surface area (Å²) < 4.78 is 0. The standard InChI is InChI=1S/C8H10N2O3S/c1-2-14-4-6(11)5-3-7(12)10-8(13)9-5/h3H,2,4H2,1H3,(H2,9,10,12,13). The lowest BCUT2D eigenvalue weighted by molar-refractivity contribution is 0.101. The molecule has 1 aromatic heterocycles. The summed E-state index contributed by atoms with van der Waals surface area (Å²) in [6, 6.07) is 1.10. The van der Waals surface area contributed by atoms with Gasteiger partial charge >= 0.3 is 5.69 Å². The van der Waals surface area contributed by atoms with Crippen LogP contribution in [-0.2, 0) is 0 Å². The Labute approximate surface area is 83.9 Å². The Kier molecular flexibility index (Phi) is 3.70. The molecule has 0 spiro atoms. The summed E-state index contributed by atoms with van der Waals surface area (Å²) in [7, 11) is 0. The first kappa shape index (κ1) is 10.8. The number of H-pyrrole nitrogens is 2. The molecule has 14 heavy (non-hydrogen) atoms. The fraction of sp³-hybridized carbons (Fsp3) is 0.375. The maximum atomic E-state index is 11.4. The first-order valence-electron chi connectivity index (χ1n) is 4.08. The van der Waals surface area contributed by atoms with Crippen LogP contribution in [0.4, 0.5) is 0 Å². The van der Waals surface area contributed by atoms with Crippen LogP contribution in [0.3, 0.4) is 0 Å². The zero-order valence-corrected chi connectivity index (χ0v) is 8.44. The number of thioether (sulfide) groups is 1. The Morgan fingerprint density at radius 3 is 2.71 bits per heavy atom. The van der Waals surface area contributed by atoms with E-state index in [0.717, 1.165) is 11.8 Å². The number of rotatable bonds is 4. The Hall–Kier alpha value is -1.30. The number of hydrogen-bond acceptors (Lipinski definition) is 4. The molecule has 0 saturated heterocycles. The van der Waals surface area contributed by atoms with Gasteiger partial charge in [0, 0.05) is 6.07 Å². The predicted molar refractivity (Wildman–Crippen MR) is 55.0 cm³/mol. The van der Waals surface area contributed by atoms with Gasteiger partial charge in [-0.05, 0) is 5.75 Å². The summed E-state index contributed by atoms with van der Waals surface area (Å²) >= 11 is 1.44. The van der Waals surface area contributed by atoms with Gasteiger partial charge in [-0.2, -0.15) is 11.8 Å². The van der Waals surface area contributed by atoms with E-state index in [4.69, 9.17) is 0 Å². The van der Waals surface area contributed by atoms with Crippen molar-refractivity contribution in [3.8, 4) is 0 Å². The molecule has 0 amide bonds. The van der Waals surface area contributed by atoms with Gasteiger partial charge < -0.3 is 4.98 Å². The lowest BCUT2D eigenvalue weighted by atomic mass is 10.3. The van der Waals surface area contributed by atoms with E-state index in [1.165, 1.54) is 11.8 Å². The van der Waals surface area contributed by atoms with Gasteiger partial charge in [0.15, 0.2) is 5.78 Å². The third-order valence-electron chi connectivity index (χ3n) is 1.50. The maximum absolute atomic E-state index is 11.4. The Morgan fingerprint density at radius 2 is 2.14 bits per heavy atom. The van der Waals surface area contributed by atoms with Crippen LogP contribution in [0.5, 0.6) is 0 Å². The molecule has 1 aromatic rings. The first-order valence-corrected chi connectivity index (χ1v) is 5.23. The third-order valence-corrected chi connectivity index (χ3v) is 2.37. The van der Waals surface area contributed by atoms with Crippen LogP contribution in [0, 0.1) is 0 Å². The smallest absolute Gasteiger partial charge is 0.304 e. The van der Waals surface area contributed by atoms with Crippen molar-refractivity contribution in [3.63, 3.8) is 0 Å². The van der Waals surface area contributed by atoms with Crippen LogP contribution in [0.15, 0.2) is 15.7 Å². The van der Waals surface area contributed by atoms with Gasteiger partial charge in [0.1, 0.15) is 0 Å². The lowest BCUT2D eigenvalue weighted by Crippen LogP contribution is -2.25. The molecule has 0 saturated carbocycles. The molecule has 1 rings (SSSR count). The van der Waals surface area contributed by atoms with E-state index in [1.807, 2.05) is 11.9 Å². The van der Waals surface area contributed by atoms with Crippen LogP contribution >= 0.6 is 11.8 Å². The number of nitrogens with one attached hydrogen (secondary N) is 2. The number of hydrogen-bond donors (Lipinski definition) is 2. The molecule has 1 heterocycles. The maximum Gasteiger partial charge on any atom is 0.326 e. The molecule has 0 aliphatic heterocycles. The highest BCUT2D eigenvalue weighted by atomic mass is 32.2. The van der Waals surface area contributed by atoms with E-state index < -0.39 is 11.2 Å². The van der Waals surface area contributed by atoms with Gasteiger partial charge in [0.05, 0.1) is 11.4 Å². The van der Waals surface area contributed by atoms with E-state index >= 15 is 0 Å². The number of aromatic amines is 2. The van der Waals surface area contributed by atoms with E-state index in [1.54, 1.807) is 0 Å². The minimum Gasteiger partial charge on any atom is -0.304 e. The summed E-state index contributed by atoms with van der Waals surface area (Å²) in [5, 5.41) is 0. The molecule has 0 fully saturated rings. The first-order chi connectivity index (χ1) is 6.63. The lowest BCUT2D eigenvalue weighted by Gasteiger charge is -1.97. The van der Waals surface area contributed by atoms with E-state index in [0.29, 0.717) is 0 Å². The molecule has 2 N–H and O–H groups in total. The zero-order valence-electron chi connectivity index (χ0n) is 7.62. The van der Waals surface area contributed by atoms with Crippen LogP contribution < -0.4 is 11.2 Å². The minimum atomic E-state index is -0.651. The quantitative estimate of drug-likeness (QED) is 0.691. The summed E-state index contributed by atoms with van der Waals surface area (Å²) in [5.41, 5.74) is -1.14. The average molecular weight is 214 g/mol. The number of carbonyl (C=O) groups excluding carboxylic acids is 1. The SMILES string of the molecule is CCSCC(=O)c1cc(=O)[nH]c(=O)[nH]1. The van der Waals surface area contributed by atoms with E-state index in [9.17, 15) is 14.4 Å². The van der Waals surface area contributed by atoms with Gasteiger partial charge in [-0.1, -0.05) is 6.92 Å². The van der Waals surface area contributed by atoms with E-state index in [-0.39, 0.29) is 17.2 Å². The summed E-state index contributed by atoms with van der Waals surface area (Å²) in [6.07, 6.45) is 0. The van der Waals surface area contributed by atoms with Gasteiger partial charge in [0.25, 0.3) is 5.56 Å². The molecule has 0 aliphatic carbocycles. The zero-order chi connectivity index (χ0) is 10.6. The molecule has 0 bridgehead atoms. The van der Waals surface area contributed by atoms with Crippen LogP contribution in [0.2, 0.25) is 0 Å². The number of Topliss-reactive ketones (excluding diaryl/α,β-unsaturated/α-hetero) is 1. The van der Waals surface area contributed by atoms with E-state index in [2.05, 4.69) is 4.98 Å². The molecule has 0 aliphatic rings. The highest BCUT2D eigenvalue weighted by Crippen LogP contribution is 2.01. The summed E-state index contributed by atoms with van der Waals surface area (Å²) in [4.78, 5) is 37.3. The fourth-order valence-corrected chi connectivity index (χ4v) is 1.44. The highest BCUT2D eigenvalue weighted by Gasteiger charge is 2.07. The number of ketones is 1. The third kappa shape index (κ3) is 2.88. The van der Waals surface area contributed by atoms with Crippen molar-refractivity contribution in [3.05, 3.63) is 32.6 Å². The topological polar surface area (TPSA) is 82.8 Å². The van der Waals surface area contributed by atoms with Crippen LogP contribution in [0.25, 0.3) is 0 Å². The van der Waals surface area contributed by atoms with Crippen molar-refractivity contribution < 1.29 is 4.79 Å². The van der Waals surface area contributed by atoms with Crippen molar-refractivity contribution >= 4 is 17.5 Å². The second kappa shape index (κ2) is 4.80. The normalized spacial score (nSPS) is 10.1. The minimum absolute atomic E-state index is 0.0692. The average Bonchev–Trinajstić information content (AvgIpc) is 2.12. The van der Waals surface area contributed by atoms with Gasteiger partial charge in [-0.25, -0.2) is 4.79 Å². The molecule has 76 valence electrons. The second-order valence-corrected chi connectivity index (χ2v) is 3.84. The summed E-state index contributed by atoms with van der Waals surface area (Å²) in [6.45, 7) is 1.93. The van der Waals surface area contributed by atoms with Gasteiger partial charge in [0.2, 0.25) is 0 Å². The number of carbonyl (C=O) groups is 1. The number of aromatic nitrogens is 2. The molecular formula is C8H10N2O3S. The van der Waals surface area contributed by atoms with Crippen molar-refractivity contribution in [1.82, 2.24) is 9.97 Å². The van der Waals surface area contributed by atoms with Crippen molar-refractivity contribution in [2.24, 2.45) is 0 Å². The largest absolute Gasteiger partial charge is 0.326 e. The predicted octanol–water partition coefficient (Wildman–Crippen LogP) is -0.00100. The van der Waals surface area contributed by atoms with Crippen molar-refractivity contribution in [2.75, 3.05) is 11.5 Å². The van der Waals surface area contributed by atoms with Crippen LogP contribution in [0.1, 0.15) is 17.4 Å². The molecular weight excluding hydrogens is 204 g/mol. The molecule has 6 heteroatoms. The van der Waals surface area contributed by atoms with Gasteiger partial charge in [-0.15, -0.1) is 0 Å². The molecule has 0 radical (unpaired) electrons. The molecule has 0 atom stereocenters. The Morgan fingerprint density at radius 1 is 1.43 bits per heavy atom.